The van der Waals surface area contributed by atoms with Crippen LogP contribution in [0.4, 0.5) is 0 Å². The van der Waals surface area contributed by atoms with E-state index in [-0.39, 0.29) is 0 Å². The fourth-order valence-corrected chi connectivity index (χ4v) is 5.21. The van der Waals surface area contributed by atoms with Crippen LogP contribution in [0.3, 0.4) is 0 Å². The first-order valence-electron chi connectivity index (χ1n) is 10.5. The van der Waals surface area contributed by atoms with Crippen molar-refractivity contribution in [2.24, 2.45) is 0 Å². The molecule has 6 nitrogen and oxygen atoms in total. The van der Waals surface area contributed by atoms with Crippen LogP contribution in [0.15, 0.2) is 84.6 Å². The maximum atomic E-state index is 6.84. The molecule has 1 aliphatic heterocycles. The number of rotatable bonds is 5. The number of ether oxygens (including phenoxy) is 1. The van der Waals surface area contributed by atoms with Crippen LogP contribution in [-0.4, -0.2) is 24.5 Å². The summed E-state index contributed by atoms with van der Waals surface area (Å²) < 4.78 is 9.06. The predicted octanol–water partition coefficient (Wildman–Crippen LogP) is 5.80. The second-order valence-corrected chi connectivity index (χ2v) is 8.66. The normalized spacial score (nSPS) is 18.0. The monoisotopic (exact) mass is 439 g/mol. The molecule has 0 aliphatic carbocycles. The molecule has 0 radical (unpaired) electrons. The van der Waals surface area contributed by atoms with Crippen molar-refractivity contribution in [3.05, 3.63) is 102 Å². The van der Waals surface area contributed by atoms with Gasteiger partial charge >= 0.3 is 0 Å². The Hall–Kier alpha value is -3.84. The quantitative estimate of drug-likeness (QED) is 0.363. The highest BCUT2D eigenvalue weighted by Crippen LogP contribution is 2.47. The van der Waals surface area contributed by atoms with Crippen LogP contribution in [-0.2, 0) is 10.5 Å². The number of hydrogen-bond donors (Lipinski definition) is 2. The van der Waals surface area contributed by atoms with Crippen LogP contribution >= 0.6 is 11.3 Å². The number of thiophene rings is 1. The van der Waals surface area contributed by atoms with Crippen LogP contribution < -0.4 is 0 Å². The van der Waals surface area contributed by atoms with E-state index in [4.69, 9.17) is 9.72 Å². The van der Waals surface area contributed by atoms with Crippen LogP contribution in [0.5, 0.6) is 0 Å². The molecule has 32 heavy (non-hydrogen) atoms. The molecule has 5 heterocycles. The van der Waals surface area contributed by atoms with Gasteiger partial charge < -0.3 is 14.7 Å². The van der Waals surface area contributed by atoms with Gasteiger partial charge in [0.1, 0.15) is 17.3 Å². The number of benzene rings is 1. The van der Waals surface area contributed by atoms with Crippen LogP contribution in [0, 0.1) is 6.92 Å². The molecule has 7 heteroatoms. The summed E-state index contributed by atoms with van der Waals surface area (Å²) in [6, 6.07) is 18.5. The largest absolute Gasteiger partial charge is 0.461 e. The Morgan fingerprint density at radius 2 is 1.94 bits per heavy atom. The lowest BCUT2D eigenvalue weighted by Crippen LogP contribution is -2.36. The minimum Gasteiger partial charge on any atom is -0.461 e. The fraction of sp³-hybridized carbons (Fsp3) is 0.120. The molecule has 0 saturated carbocycles. The van der Waals surface area contributed by atoms with E-state index in [1.165, 1.54) is 0 Å². The van der Waals surface area contributed by atoms with E-state index in [1.54, 1.807) is 17.5 Å². The Morgan fingerprint density at radius 3 is 2.66 bits per heavy atom. The maximum Gasteiger partial charge on any atom is 0.232 e. The van der Waals surface area contributed by atoms with Crippen molar-refractivity contribution in [3.63, 3.8) is 0 Å². The van der Waals surface area contributed by atoms with Gasteiger partial charge in [-0.1, -0.05) is 36.4 Å². The Balaban J connectivity index is 1.58. The molecular formula is C25H21N5OS. The zero-order valence-corrected chi connectivity index (χ0v) is 18.3. The molecule has 5 aromatic rings. The van der Waals surface area contributed by atoms with Crippen LogP contribution in [0.2, 0.25) is 0 Å². The van der Waals surface area contributed by atoms with Gasteiger partial charge in [0.25, 0.3) is 0 Å². The topological polar surface area (TPSA) is 71.5 Å². The first kappa shape index (κ1) is 18.9. The zero-order chi connectivity index (χ0) is 21.5. The second-order valence-electron chi connectivity index (χ2n) is 7.72. The highest BCUT2D eigenvalue weighted by molar-refractivity contribution is 7.13. The van der Waals surface area contributed by atoms with E-state index in [0.29, 0.717) is 6.42 Å². The average Bonchev–Trinajstić information content (AvgIpc) is 3.64. The minimum absolute atomic E-state index is 0.672. The number of aromatic amines is 2. The molecule has 0 bridgehead atoms. The number of nitrogens with one attached hydrogen (secondary N) is 2. The Bertz CT molecular complexity index is 1370. The summed E-state index contributed by atoms with van der Waals surface area (Å²) in [6.45, 7) is 2.03. The molecule has 0 amide bonds. The van der Waals surface area contributed by atoms with Gasteiger partial charge in [-0.25, -0.2) is 9.97 Å². The minimum atomic E-state index is -0.782. The number of aromatic nitrogens is 5. The predicted molar refractivity (Wildman–Crippen MR) is 126 cm³/mol. The van der Waals surface area contributed by atoms with E-state index in [0.717, 1.165) is 44.9 Å². The van der Waals surface area contributed by atoms with Crippen molar-refractivity contribution < 1.29 is 4.74 Å². The molecule has 1 atom stereocenters. The maximum absolute atomic E-state index is 6.84. The highest BCUT2D eigenvalue weighted by Gasteiger charge is 2.45. The van der Waals surface area contributed by atoms with Gasteiger partial charge in [0.15, 0.2) is 5.82 Å². The molecule has 0 saturated heterocycles. The number of aryl methyl sites for hydroxylation is 1. The van der Waals surface area contributed by atoms with Gasteiger partial charge in [-0.2, -0.15) is 0 Å². The van der Waals surface area contributed by atoms with Gasteiger partial charge in [0, 0.05) is 30.6 Å². The van der Waals surface area contributed by atoms with Crippen LogP contribution in [0.25, 0.3) is 27.8 Å². The summed E-state index contributed by atoms with van der Waals surface area (Å²) in [5, 5.41) is 2.08. The van der Waals surface area contributed by atoms with E-state index in [2.05, 4.69) is 61.3 Å². The number of nitrogens with zero attached hydrogens (tertiary/aromatic N) is 3. The van der Waals surface area contributed by atoms with Gasteiger partial charge in [0.05, 0.1) is 16.3 Å². The van der Waals surface area contributed by atoms with E-state index < -0.39 is 5.72 Å². The standard InChI is InChI=1S/C25H21N5OS/c1-17-29-22(24-27-14-15-28-24)23(20-9-6-16-32-20)30(17)25(21-10-5-13-26-21)12-11-19(31-25)18-7-3-2-4-8-18/h2-11,13-16,26H,12H2,1H3,(H,27,28). The van der Waals surface area contributed by atoms with Crippen molar-refractivity contribution in [1.82, 2.24) is 24.5 Å². The summed E-state index contributed by atoms with van der Waals surface area (Å²) in [5.74, 6) is 2.47. The molecule has 0 spiro atoms. The molecule has 1 aromatic carbocycles. The third-order valence-electron chi connectivity index (χ3n) is 5.80. The van der Waals surface area contributed by atoms with Gasteiger partial charge in [0.2, 0.25) is 5.72 Å². The summed E-state index contributed by atoms with van der Waals surface area (Å²) >= 11 is 1.68. The highest BCUT2D eigenvalue weighted by atomic mass is 32.1. The molecule has 2 N–H and O–H groups in total. The fourth-order valence-electron chi connectivity index (χ4n) is 4.45. The number of hydrogen-bond acceptors (Lipinski definition) is 4. The SMILES string of the molecule is Cc1nc(-c2ncc[nH]2)c(-c2cccs2)n1C1(c2ccc[nH]2)CC=C(c2ccccc2)O1. The van der Waals surface area contributed by atoms with Gasteiger partial charge in [-0.05, 0) is 36.6 Å². The third kappa shape index (κ3) is 2.85. The summed E-state index contributed by atoms with van der Waals surface area (Å²) in [4.78, 5) is 17.2. The van der Waals surface area contributed by atoms with Gasteiger partial charge in [-0.15, -0.1) is 11.3 Å². The summed E-state index contributed by atoms with van der Waals surface area (Å²) in [5.41, 5.74) is 3.06. The lowest BCUT2D eigenvalue weighted by molar-refractivity contribution is 0.0217. The molecule has 6 rings (SSSR count). The smallest absolute Gasteiger partial charge is 0.232 e. The summed E-state index contributed by atoms with van der Waals surface area (Å²) in [7, 11) is 0. The molecule has 158 valence electrons. The first-order valence-corrected chi connectivity index (χ1v) is 11.4. The van der Waals surface area contributed by atoms with Crippen LogP contribution in [0.1, 0.15) is 23.5 Å². The van der Waals surface area contributed by atoms with Crippen molar-refractivity contribution in [2.45, 2.75) is 19.1 Å². The van der Waals surface area contributed by atoms with Crippen molar-refractivity contribution in [3.8, 4) is 22.1 Å². The van der Waals surface area contributed by atoms with Crippen molar-refractivity contribution >= 4 is 17.1 Å². The average molecular weight is 440 g/mol. The molecule has 1 unspecified atom stereocenters. The molecule has 4 aromatic heterocycles. The van der Waals surface area contributed by atoms with E-state index in [9.17, 15) is 0 Å². The van der Waals surface area contributed by atoms with E-state index in [1.807, 2.05) is 43.6 Å². The van der Waals surface area contributed by atoms with E-state index >= 15 is 0 Å². The Kier molecular flexibility index (Phi) is 4.36. The Labute approximate surface area is 189 Å². The first-order chi connectivity index (χ1) is 15.8. The molecule has 0 fully saturated rings. The molecular weight excluding hydrogens is 418 g/mol. The zero-order valence-electron chi connectivity index (χ0n) is 17.4. The van der Waals surface area contributed by atoms with Crippen molar-refractivity contribution in [1.29, 1.82) is 0 Å². The number of H-pyrrole nitrogens is 2. The lowest BCUT2D eigenvalue weighted by atomic mass is 10.0. The Morgan fingerprint density at radius 1 is 1.03 bits per heavy atom. The number of imidazole rings is 2. The second kappa shape index (κ2) is 7.39. The lowest BCUT2D eigenvalue weighted by Gasteiger charge is -2.33. The van der Waals surface area contributed by atoms with Gasteiger partial charge in [-0.3, -0.25) is 4.57 Å². The molecule has 1 aliphatic rings. The van der Waals surface area contributed by atoms with Crippen molar-refractivity contribution in [2.75, 3.05) is 0 Å². The summed E-state index contributed by atoms with van der Waals surface area (Å²) in [6.07, 6.45) is 8.35. The third-order valence-corrected chi connectivity index (χ3v) is 6.68.